The largest absolute Gasteiger partial charge is 0.301 e. The number of hydrazone groups is 1. The average molecular weight is 425 g/mol. The molecule has 0 saturated carbocycles. The Hall–Kier alpha value is -3.99. The van der Waals surface area contributed by atoms with Gasteiger partial charge in [-0.25, -0.2) is 5.43 Å². The molecule has 3 amide bonds. The second kappa shape index (κ2) is 8.57. The summed E-state index contributed by atoms with van der Waals surface area (Å²) in [6.45, 7) is 1.89. The summed E-state index contributed by atoms with van der Waals surface area (Å²) in [5.74, 6) is -3.35. The van der Waals surface area contributed by atoms with E-state index in [2.05, 4.69) is 15.8 Å². The number of carbonyl (C=O) groups is 3. The van der Waals surface area contributed by atoms with E-state index in [1.165, 1.54) is 23.1 Å². The van der Waals surface area contributed by atoms with E-state index < -0.39 is 28.6 Å². The van der Waals surface area contributed by atoms with Crippen LogP contribution < -0.4 is 15.6 Å². The Labute approximate surface area is 175 Å². The van der Waals surface area contributed by atoms with Gasteiger partial charge in [0.15, 0.2) is 11.0 Å². The van der Waals surface area contributed by atoms with Crippen molar-refractivity contribution in [1.29, 1.82) is 0 Å². The zero-order valence-electron chi connectivity index (χ0n) is 15.6. The molecule has 1 saturated heterocycles. The summed E-state index contributed by atoms with van der Waals surface area (Å²) in [7, 11) is 0. The minimum Gasteiger partial charge on any atom is -0.301 e. The van der Waals surface area contributed by atoms with E-state index in [1.807, 2.05) is 6.92 Å². The smallest absolute Gasteiger partial charge is 0.271 e. The van der Waals surface area contributed by atoms with Crippen molar-refractivity contribution >= 4 is 52.6 Å². The van der Waals surface area contributed by atoms with Gasteiger partial charge in [0.1, 0.15) is 0 Å². The monoisotopic (exact) mass is 425 g/mol. The van der Waals surface area contributed by atoms with E-state index in [1.54, 1.807) is 24.3 Å². The molecule has 0 radical (unpaired) electrons. The molecule has 1 atom stereocenters. The number of nitro groups is 1. The van der Waals surface area contributed by atoms with Crippen LogP contribution in [0.4, 0.5) is 11.4 Å². The van der Waals surface area contributed by atoms with Crippen LogP contribution in [0.25, 0.3) is 0 Å². The van der Waals surface area contributed by atoms with Crippen molar-refractivity contribution < 1.29 is 19.3 Å². The number of non-ortho nitro benzene ring substituents is 1. The van der Waals surface area contributed by atoms with Gasteiger partial charge in [-0.05, 0) is 37.3 Å². The average Bonchev–Trinajstić information content (AvgIpc) is 2.71. The molecule has 0 aromatic heterocycles. The Morgan fingerprint density at radius 3 is 2.63 bits per heavy atom. The van der Waals surface area contributed by atoms with Gasteiger partial charge in [0.05, 0.1) is 10.6 Å². The fraction of sp³-hybridized carbons (Fsp3) is 0.105. The number of thiocarbonyl (C=S) groups is 1. The number of carbonyl (C=O) groups excluding carboxylic acids is 3. The summed E-state index contributed by atoms with van der Waals surface area (Å²) in [5.41, 5.74) is 3.37. The fourth-order valence-electron chi connectivity index (χ4n) is 2.66. The van der Waals surface area contributed by atoms with Crippen molar-refractivity contribution in [3.63, 3.8) is 0 Å². The molecule has 1 aliphatic rings. The maximum absolute atomic E-state index is 12.8. The first-order valence-corrected chi connectivity index (χ1v) is 9.02. The molecule has 1 heterocycles. The van der Waals surface area contributed by atoms with Crippen molar-refractivity contribution in [2.75, 3.05) is 4.90 Å². The topological polar surface area (TPSA) is 134 Å². The van der Waals surface area contributed by atoms with Crippen molar-refractivity contribution in [2.24, 2.45) is 11.0 Å². The molecule has 0 spiro atoms. The van der Waals surface area contributed by atoms with E-state index in [4.69, 9.17) is 12.2 Å². The number of aryl methyl sites for hydroxylation is 1. The number of hydrogen-bond acceptors (Lipinski definition) is 7. The molecule has 3 rings (SSSR count). The molecule has 152 valence electrons. The molecule has 1 aliphatic heterocycles. The highest BCUT2D eigenvalue weighted by atomic mass is 32.1. The fourth-order valence-corrected chi connectivity index (χ4v) is 2.95. The normalized spacial score (nSPS) is 16.5. The Bertz CT molecular complexity index is 1080. The third kappa shape index (κ3) is 4.36. The van der Waals surface area contributed by atoms with Crippen LogP contribution in [0.15, 0.2) is 53.6 Å². The van der Waals surface area contributed by atoms with Crippen molar-refractivity contribution in [3.05, 3.63) is 69.8 Å². The third-order valence-electron chi connectivity index (χ3n) is 4.20. The first-order valence-electron chi connectivity index (χ1n) is 8.61. The van der Waals surface area contributed by atoms with Crippen molar-refractivity contribution in [3.8, 4) is 0 Å². The number of nitro benzene ring substituents is 1. The van der Waals surface area contributed by atoms with Crippen molar-refractivity contribution in [2.45, 2.75) is 6.92 Å². The first-order chi connectivity index (χ1) is 14.3. The molecule has 2 aromatic rings. The highest BCUT2D eigenvalue weighted by Gasteiger charge is 2.38. The van der Waals surface area contributed by atoms with Gasteiger partial charge in [0, 0.05) is 23.9 Å². The summed E-state index contributed by atoms with van der Waals surface area (Å²) in [5, 5.41) is 16.9. The summed E-state index contributed by atoms with van der Waals surface area (Å²) in [4.78, 5) is 48.5. The molecule has 0 aliphatic carbocycles. The molecule has 30 heavy (non-hydrogen) atoms. The molecule has 1 fully saturated rings. The lowest BCUT2D eigenvalue weighted by Crippen LogP contribution is -2.58. The number of nitrogens with zero attached hydrogens (tertiary/aromatic N) is 3. The standard InChI is InChI=1S/C19H15N5O5S/c1-11-5-7-13(8-6-11)23-18(27)15(17(26)21-19(23)30)10-20-22-16(25)12-3-2-4-14(9-12)24(28)29/h2-10,15H,1H3,(H,22,25)(H,21,26,30)/b20-10+/t15-/m0/s1. The predicted molar refractivity (Wildman–Crippen MR) is 112 cm³/mol. The molecule has 2 N–H and O–H groups in total. The summed E-state index contributed by atoms with van der Waals surface area (Å²) < 4.78 is 0. The van der Waals surface area contributed by atoms with Crippen LogP contribution in [-0.4, -0.2) is 34.0 Å². The van der Waals surface area contributed by atoms with E-state index in [-0.39, 0.29) is 16.4 Å². The molecule has 2 aromatic carbocycles. The second-order valence-electron chi connectivity index (χ2n) is 6.31. The van der Waals surface area contributed by atoms with Gasteiger partial charge in [-0.2, -0.15) is 5.10 Å². The van der Waals surface area contributed by atoms with Crippen LogP contribution in [0, 0.1) is 23.0 Å². The Morgan fingerprint density at radius 2 is 1.97 bits per heavy atom. The lowest BCUT2D eigenvalue weighted by atomic mass is 10.1. The first kappa shape index (κ1) is 20.7. The number of benzene rings is 2. The van der Waals surface area contributed by atoms with E-state index in [0.29, 0.717) is 5.69 Å². The van der Waals surface area contributed by atoms with Crippen LogP contribution in [0.3, 0.4) is 0 Å². The zero-order valence-corrected chi connectivity index (χ0v) is 16.4. The zero-order chi connectivity index (χ0) is 21.8. The predicted octanol–water partition coefficient (Wildman–Crippen LogP) is 1.68. The quantitative estimate of drug-likeness (QED) is 0.246. The maximum atomic E-state index is 12.8. The van der Waals surface area contributed by atoms with Crippen LogP contribution in [-0.2, 0) is 9.59 Å². The van der Waals surface area contributed by atoms with Crippen molar-refractivity contribution in [1.82, 2.24) is 10.7 Å². The maximum Gasteiger partial charge on any atom is 0.271 e. The summed E-state index contributed by atoms with van der Waals surface area (Å²) >= 11 is 5.10. The van der Waals surface area contributed by atoms with E-state index in [0.717, 1.165) is 17.8 Å². The molecule has 0 bridgehead atoms. The van der Waals surface area contributed by atoms with Gasteiger partial charge in [0.25, 0.3) is 17.5 Å². The van der Waals surface area contributed by atoms with Gasteiger partial charge in [0.2, 0.25) is 5.91 Å². The second-order valence-corrected chi connectivity index (χ2v) is 6.69. The number of nitrogens with one attached hydrogen (secondary N) is 2. The van der Waals surface area contributed by atoms with Gasteiger partial charge in [-0.1, -0.05) is 23.8 Å². The minimum absolute atomic E-state index is 0.00299. The van der Waals surface area contributed by atoms with Gasteiger partial charge in [-0.15, -0.1) is 0 Å². The molecule has 0 unspecified atom stereocenters. The lowest BCUT2D eigenvalue weighted by Gasteiger charge is -2.30. The molecule has 11 heteroatoms. The molecule has 10 nitrogen and oxygen atoms in total. The molecular formula is C19H15N5O5S. The highest BCUT2D eigenvalue weighted by Crippen LogP contribution is 2.20. The number of amides is 3. The summed E-state index contributed by atoms with van der Waals surface area (Å²) in [6, 6.07) is 12.0. The SMILES string of the molecule is Cc1ccc(N2C(=O)[C@@H](/C=N/NC(=O)c3cccc([N+](=O)[O-])c3)C(=O)NC2=S)cc1. The van der Waals surface area contributed by atoms with E-state index >= 15 is 0 Å². The van der Waals surface area contributed by atoms with Gasteiger partial charge >= 0.3 is 0 Å². The Balaban J connectivity index is 1.74. The summed E-state index contributed by atoms with van der Waals surface area (Å²) in [6.07, 6.45) is 0.982. The number of hydrogen-bond donors (Lipinski definition) is 2. The number of rotatable bonds is 5. The Kier molecular flexibility index (Phi) is 5.93. The minimum atomic E-state index is -1.32. The van der Waals surface area contributed by atoms with Gasteiger partial charge < -0.3 is 5.32 Å². The third-order valence-corrected chi connectivity index (χ3v) is 4.49. The molecular weight excluding hydrogens is 410 g/mol. The van der Waals surface area contributed by atoms with Gasteiger partial charge in [-0.3, -0.25) is 29.4 Å². The van der Waals surface area contributed by atoms with E-state index in [9.17, 15) is 24.5 Å². The Morgan fingerprint density at radius 1 is 1.27 bits per heavy atom. The van der Waals surface area contributed by atoms with Crippen LogP contribution in [0.5, 0.6) is 0 Å². The number of anilines is 1. The highest BCUT2D eigenvalue weighted by molar-refractivity contribution is 7.80. The van der Waals surface area contributed by atoms with Crippen LogP contribution in [0.2, 0.25) is 0 Å². The lowest BCUT2D eigenvalue weighted by molar-refractivity contribution is -0.384. The van der Waals surface area contributed by atoms with Crippen LogP contribution >= 0.6 is 12.2 Å². The van der Waals surface area contributed by atoms with Crippen LogP contribution in [0.1, 0.15) is 15.9 Å².